The topological polar surface area (TPSA) is 94.4 Å². The van der Waals surface area contributed by atoms with Crippen LogP contribution in [0.2, 0.25) is 0 Å². The number of nitrogens with two attached hydrogens (primary N) is 1. The Bertz CT molecular complexity index is 566. The van der Waals surface area contributed by atoms with Gasteiger partial charge in [-0.15, -0.1) is 0 Å². The lowest BCUT2D eigenvalue weighted by Gasteiger charge is -2.14. The lowest BCUT2D eigenvalue weighted by Crippen LogP contribution is -2.10. The summed E-state index contributed by atoms with van der Waals surface area (Å²) in [6.45, 7) is 4.01. The van der Waals surface area contributed by atoms with Crippen molar-refractivity contribution in [3.05, 3.63) is 24.0 Å². The molecule has 1 atom stereocenters. The molecule has 3 N–H and O–H groups in total. The third-order valence-corrected chi connectivity index (χ3v) is 2.81. The Morgan fingerprint density at radius 2 is 2.11 bits per heavy atom. The van der Waals surface area contributed by atoms with E-state index in [1.54, 1.807) is 19.2 Å². The van der Waals surface area contributed by atoms with Crippen molar-refractivity contribution in [2.45, 2.75) is 20.0 Å². The number of benzene rings is 1. The first-order valence-corrected chi connectivity index (χ1v) is 5.98. The van der Waals surface area contributed by atoms with Crippen molar-refractivity contribution in [2.75, 3.05) is 12.8 Å². The molecule has 1 unspecified atom stereocenters. The number of aromatic nitrogens is 2. The van der Waals surface area contributed by atoms with Crippen molar-refractivity contribution in [1.29, 1.82) is 0 Å². The van der Waals surface area contributed by atoms with Crippen LogP contribution in [-0.2, 0) is 4.74 Å². The molecule has 0 aliphatic carbocycles. The molecule has 19 heavy (non-hydrogen) atoms. The van der Waals surface area contributed by atoms with Gasteiger partial charge >= 0.3 is 0 Å². The third-order valence-electron chi connectivity index (χ3n) is 2.81. The zero-order valence-corrected chi connectivity index (χ0v) is 11.1. The molecule has 2 rings (SSSR count). The standard InChI is InChI=1S/C13H17N3O3/c1-7(2)11(18-3)12-15-13(19-16-12)9-5-4-8(14)6-10(9)17/h4-7,11,17H,14H2,1-3H3. The van der Waals surface area contributed by atoms with E-state index in [1.165, 1.54) is 6.07 Å². The van der Waals surface area contributed by atoms with E-state index >= 15 is 0 Å². The quantitative estimate of drug-likeness (QED) is 0.822. The Morgan fingerprint density at radius 3 is 2.68 bits per heavy atom. The number of hydrogen-bond acceptors (Lipinski definition) is 6. The van der Waals surface area contributed by atoms with Crippen LogP contribution >= 0.6 is 0 Å². The van der Waals surface area contributed by atoms with Gasteiger partial charge in [-0.05, 0) is 18.1 Å². The lowest BCUT2D eigenvalue weighted by molar-refractivity contribution is 0.0556. The van der Waals surface area contributed by atoms with Gasteiger partial charge in [-0.2, -0.15) is 4.98 Å². The molecule has 0 bridgehead atoms. The van der Waals surface area contributed by atoms with Crippen LogP contribution in [0.15, 0.2) is 22.7 Å². The highest BCUT2D eigenvalue weighted by Gasteiger charge is 2.22. The van der Waals surface area contributed by atoms with Crippen molar-refractivity contribution >= 4 is 5.69 Å². The van der Waals surface area contributed by atoms with Crippen LogP contribution in [0.4, 0.5) is 5.69 Å². The Hall–Kier alpha value is -2.08. The zero-order chi connectivity index (χ0) is 14.0. The molecule has 0 fully saturated rings. The molecule has 0 radical (unpaired) electrons. The molecule has 2 aromatic rings. The highest BCUT2D eigenvalue weighted by Crippen LogP contribution is 2.31. The molecule has 0 aliphatic rings. The van der Waals surface area contributed by atoms with Gasteiger partial charge in [0.25, 0.3) is 5.89 Å². The van der Waals surface area contributed by atoms with Crippen LogP contribution < -0.4 is 5.73 Å². The van der Waals surface area contributed by atoms with Crippen LogP contribution in [0.5, 0.6) is 5.75 Å². The first kappa shape index (κ1) is 13.4. The van der Waals surface area contributed by atoms with Crippen LogP contribution in [0.1, 0.15) is 25.8 Å². The van der Waals surface area contributed by atoms with Crippen molar-refractivity contribution < 1.29 is 14.4 Å². The summed E-state index contributed by atoms with van der Waals surface area (Å²) < 4.78 is 10.5. The van der Waals surface area contributed by atoms with Crippen molar-refractivity contribution in [3.63, 3.8) is 0 Å². The molecule has 1 aromatic heterocycles. The van der Waals surface area contributed by atoms with E-state index in [4.69, 9.17) is 15.0 Å². The number of ether oxygens (including phenoxy) is 1. The van der Waals surface area contributed by atoms with Crippen LogP contribution in [-0.4, -0.2) is 22.4 Å². The average Bonchev–Trinajstić information content (AvgIpc) is 2.78. The predicted molar refractivity (Wildman–Crippen MR) is 70.4 cm³/mol. The number of aromatic hydroxyl groups is 1. The maximum Gasteiger partial charge on any atom is 0.261 e. The number of phenols is 1. The molecule has 0 aliphatic heterocycles. The van der Waals surface area contributed by atoms with E-state index in [9.17, 15) is 5.11 Å². The predicted octanol–water partition coefficient (Wildman–Crippen LogP) is 2.37. The largest absolute Gasteiger partial charge is 0.507 e. The second kappa shape index (κ2) is 5.27. The summed E-state index contributed by atoms with van der Waals surface area (Å²) in [7, 11) is 1.60. The summed E-state index contributed by atoms with van der Waals surface area (Å²) in [6, 6.07) is 4.74. The Balaban J connectivity index is 2.35. The summed E-state index contributed by atoms with van der Waals surface area (Å²) >= 11 is 0. The second-order valence-corrected chi connectivity index (χ2v) is 4.63. The van der Waals surface area contributed by atoms with Crippen molar-refractivity contribution in [1.82, 2.24) is 10.1 Å². The maximum atomic E-state index is 9.82. The SMILES string of the molecule is COC(c1noc(-c2ccc(N)cc2O)n1)C(C)C. The fraction of sp³-hybridized carbons (Fsp3) is 0.385. The Morgan fingerprint density at radius 1 is 1.37 bits per heavy atom. The normalized spacial score (nSPS) is 12.8. The van der Waals surface area contributed by atoms with Gasteiger partial charge in [-0.1, -0.05) is 19.0 Å². The Labute approximate surface area is 111 Å². The molecule has 0 saturated carbocycles. The van der Waals surface area contributed by atoms with Gasteiger partial charge in [0.2, 0.25) is 5.82 Å². The van der Waals surface area contributed by atoms with E-state index in [0.717, 1.165) is 0 Å². The molecule has 102 valence electrons. The summed E-state index contributed by atoms with van der Waals surface area (Å²) in [5, 5.41) is 13.7. The minimum Gasteiger partial charge on any atom is -0.507 e. The van der Waals surface area contributed by atoms with Crippen molar-refractivity contribution in [3.8, 4) is 17.2 Å². The molecular formula is C13H17N3O3. The Kier molecular flexibility index (Phi) is 3.71. The van der Waals surface area contributed by atoms with Crippen LogP contribution in [0.25, 0.3) is 11.5 Å². The average molecular weight is 263 g/mol. The minimum absolute atomic E-state index is 0.00807. The number of nitrogens with zero attached hydrogens (tertiary/aromatic N) is 2. The number of methoxy groups -OCH3 is 1. The molecule has 6 nitrogen and oxygen atoms in total. The molecular weight excluding hydrogens is 246 g/mol. The first-order valence-electron chi connectivity index (χ1n) is 5.98. The molecule has 1 aromatic carbocycles. The van der Waals surface area contributed by atoms with Crippen LogP contribution in [0.3, 0.4) is 0 Å². The van der Waals surface area contributed by atoms with Crippen LogP contribution in [0, 0.1) is 5.92 Å². The zero-order valence-electron chi connectivity index (χ0n) is 11.1. The highest BCUT2D eigenvalue weighted by atomic mass is 16.5. The van der Waals surface area contributed by atoms with Gasteiger partial charge in [0.15, 0.2) is 0 Å². The van der Waals surface area contributed by atoms with Gasteiger partial charge in [0.05, 0.1) is 5.56 Å². The number of hydrogen-bond donors (Lipinski definition) is 2. The number of nitrogen functional groups attached to an aromatic ring is 1. The summed E-state index contributed by atoms with van der Waals surface area (Å²) in [6.07, 6.45) is -0.242. The van der Waals surface area contributed by atoms with Gasteiger partial charge in [-0.25, -0.2) is 0 Å². The van der Waals surface area contributed by atoms with Gasteiger partial charge in [0, 0.05) is 18.9 Å². The summed E-state index contributed by atoms with van der Waals surface area (Å²) in [5.41, 5.74) is 6.49. The van der Waals surface area contributed by atoms with E-state index in [1.807, 2.05) is 13.8 Å². The highest BCUT2D eigenvalue weighted by molar-refractivity contribution is 5.66. The number of phenolic OH excluding ortho intramolecular Hbond substituents is 1. The summed E-state index contributed by atoms with van der Waals surface area (Å²) in [4.78, 5) is 4.26. The van der Waals surface area contributed by atoms with E-state index < -0.39 is 0 Å². The fourth-order valence-corrected chi connectivity index (χ4v) is 1.87. The third kappa shape index (κ3) is 2.68. The number of anilines is 1. The molecule has 6 heteroatoms. The first-order chi connectivity index (χ1) is 9.02. The monoisotopic (exact) mass is 263 g/mol. The van der Waals surface area contributed by atoms with E-state index in [-0.39, 0.29) is 23.7 Å². The fourth-order valence-electron chi connectivity index (χ4n) is 1.87. The van der Waals surface area contributed by atoms with Gasteiger partial charge < -0.3 is 20.1 Å². The second-order valence-electron chi connectivity index (χ2n) is 4.63. The van der Waals surface area contributed by atoms with Crippen molar-refractivity contribution in [2.24, 2.45) is 5.92 Å². The molecule has 0 spiro atoms. The van der Waals surface area contributed by atoms with E-state index in [2.05, 4.69) is 10.1 Å². The van der Waals surface area contributed by atoms with Gasteiger partial charge in [-0.3, -0.25) is 0 Å². The lowest BCUT2D eigenvalue weighted by atomic mass is 10.1. The number of rotatable bonds is 4. The minimum atomic E-state index is -0.242. The van der Waals surface area contributed by atoms with E-state index in [0.29, 0.717) is 17.1 Å². The smallest absolute Gasteiger partial charge is 0.261 e. The summed E-state index contributed by atoms with van der Waals surface area (Å²) in [5.74, 6) is 0.933. The molecule has 1 heterocycles. The maximum absolute atomic E-state index is 9.82. The molecule has 0 saturated heterocycles. The molecule has 0 amide bonds. The van der Waals surface area contributed by atoms with Gasteiger partial charge in [0.1, 0.15) is 11.9 Å².